The Morgan fingerprint density at radius 2 is 1.62 bits per heavy atom. The molecule has 2 nitrogen and oxygen atoms in total. The Labute approximate surface area is 80.6 Å². The van der Waals surface area contributed by atoms with Gasteiger partial charge in [-0.25, -0.2) is 0 Å². The van der Waals surface area contributed by atoms with Gasteiger partial charge in [0.15, 0.2) is 0 Å². The zero-order valence-corrected chi connectivity index (χ0v) is 8.42. The van der Waals surface area contributed by atoms with Crippen molar-refractivity contribution in [1.82, 2.24) is 0 Å². The summed E-state index contributed by atoms with van der Waals surface area (Å²) in [6.45, 7) is 4.11. The van der Waals surface area contributed by atoms with Crippen molar-refractivity contribution in [2.45, 2.75) is 51.2 Å². The fraction of sp³-hybridized carbons (Fsp3) is 0.909. The van der Waals surface area contributed by atoms with Gasteiger partial charge in [-0.15, -0.1) is 0 Å². The van der Waals surface area contributed by atoms with Gasteiger partial charge in [-0.05, 0) is 32.1 Å². The summed E-state index contributed by atoms with van der Waals surface area (Å²) in [6.07, 6.45) is 6.81. The molecule has 2 atom stereocenters. The highest BCUT2D eigenvalue weighted by molar-refractivity contribution is 5.06. The lowest BCUT2D eigenvalue weighted by Crippen LogP contribution is -2.28. The summed E-state index contributed by atoms with van der Waals surface area (Å²) in [7, 11) is 0. The van der Waals surface area contributed by atoms with E-state index in [1.807, 2.05) is 0 Å². The van der Waals surface area contributed by atoms with Gasteiger partial charge in [0.05, 0.1) is 12.2 Å². The number of ether oxygens (including phenoxy) is 2. The zero-order chi connectivity index (χ0) is 9.10. The Hall–Kier alpha value is -0.0800. The smallest absolute Gasteiger partial charge is 0.0664 e. The van der Waals surface area contributed by atoms with E-state index in [-0.39, 0.29) is 0 Å². The predicted octanol–water partition coefficient (Wildman–Crippen LogP) is 2.33. The van der Waals surface area contributed by atoms with E-state index in [9.17, 15) is 0 Å². The minimum Gasteiger partial charge on any atom is -0.378 e. The quantitative estimate of drug-likeness (QED) is 0.668. The van der Waals surface area contributed by atoms with Gasteiger partial charge in [-0.1, -0.05) is 6.92 Å². The van der Waals surface area contributed by atoms with E-state index < -0.39 is 0 Å². The minimum absolute atomic E-state index is 0.410. The summed E-state index contributed by atoms with van der Waals surface area (Å²) in [6, 6.07) is 0. The zero-order valence-electron chi connectivity index (χ0n) is 8.42. The summed E-state index contributed by atoms with van der Waals surface area (Å²) in [5, 5.41) is 0. The fourth-order valence-electron chi connectivity index (χ4n) is 2.40. The standard InChI is InChI=1S/C11H19O2/c1-2-9(10-5-3-7-12-10)11-6-4-8-13-11/h10-11H,2-8H2,1H3. The average molecular weight is 183 g/mol. The highest BCUT2D eigenvalue weighted by Crippen LogP contribution is 2.33. The minimum atomic E-state index is 0.410. The van der Waals surface area contributed by atoms with E-state index >= 15 is 0 Å². The van der Waals surface area contributed by atoms with Crippen LogP contribution in [0.1, 0.15) is 39.0 Å². The van der Waals surface area contributed by atoms with E-state index in [2.05, 4.69) is 6.92 Å². The van der Waals surface area contributed by atoms with Crippen LogP contribution in [0.4, 0.5) is 0 Å². The first-order valence-electron chi connectivity index (χ1n) is 5.50. The molecular weight excluding hydrogens is 164 g/mol. The van der Waals surface area contributed by atoms with Crippen LogP contribution < -0.4 is 0 Å². The molecule has 2 saturated heterocycles. The maximum atomic E-state index is 5.70. The van der Waals surface area contributed by atoms with Crippen LogP contribution in [0.3, 0.4) is 0 Å². The largest absolute Gasteiger partial charge is 0.378 e. The lowest BCUT2D eigenvalue weighted by Gasteiger charge is -2.25. The Balaban J connectivity index is 1.90. The van der Waals surface area contributed by atoms with Gasteiger partial charge in [0.25, 0.3) is 0 Å². The van der Waals surface area contributed by atoms with Crippen LogP contribution in [0.2, 0.25) is 0 Å². The van der Waals surface area contributed by atoms with Crippen molar-refractivity contribution in [3.63, 3.8) is 0 Å². The van der Waals surface area contributed by atoms with Crippen molar-refractivity contribution >= 4 is 0 Å². The van der Waals surface area contributed by atoms with E-state index in [0.29, 0.717) is 12.2 Å². The third-order valence-electron chi connectivity index (χ3n) is 3.09. The average Bonchev–Trinajstić information content (AvgIpc) is 2.76. The molecule has 2 rings (SSSR count). The fourth-order valence-corrected chi connectivity index (χ4v) is 2.40. The molecule has 0 aromatic rings. The molecule has 1 radical (unpaired) electrons. The van der Waals surface area contributed by atoms with Gasteiger partial charge in [0.2, 0.25) is 0 Å². The molecule has 2 aliphatic rings. The second-order valence-electron chi connectivity index (χ2n) is 3.93. The van der Waals surface area contributed by atoms with Crippen LogP contribution in [0.15, 0.2) is 0 Å². The number of rotatable bonds is 3. The molecule has 2 heterocycles. The van der Waals surface area contributed by atoms with E-state index in [1.54, 1.807) is 0 Å². The molecule has 0 aromatic carbocycles. The molecule has 2 heteroatoms. The van der Waals surface area contributed by atoms with Gasteiger partial charge in [-0.2, -0.15) is 0 Å². The summed E-state index contributed by atoms with van der Waals surface area (Å²) in [5.74, 6) is 1.51. The molecule has 2 aliphatic heterocycles. The van der Waals surface area contributed by atoms with Gasteiger partial charge in [0.1, 0.15) is 0 Å². The monoisotopic (exact) mass is 183 g/mol. The molecular formula is C11H19O2. The molecule has 13 heavy (non-hydrogen) atoms. The van der Waals surface area contributed by atoms with Crippen LogP contribution in [0, 0.1) is 5.92 Å². The normalized spacial score (nSPS) is 34.6. The van der Waals surface area contributed by atoms with Crippen LogP contribution >= 0.6 is 0 Å². The topological polar surface area (TPSA) is 18.5 Å². The Bertz CT molecular complexity index is 130. The molecule has 0 spiro atoms. The van der Waals surface area contributed by atoms with Crippen LogP contribution in [0.5, 0.6) is 0 Å². The SMILES string of the molecule is CC[C](C1CCCO1)C1CCCO1. The van der Waals surface area contributed by atoms with E-state index in [1.165, 1.54) is 31.6 Å². The molecule has 0 amide bonds. The summed E-state index contributed by atoms with van der Waals surface area (Å²) in [5.41, 5.74) is 0. The molecule has 0 bridgehead atoms. The molecule has 0 aliphatic carbocycles. The van der Waals surface area contributed by atoms with Crippen LogP contribution in [0.25, 0.3) is 0 Å². The molecule has 75 valence electrons. The van der Waals surface area contributed by atoms with Gasteiger partial charge in [0, 0.05) is 19.1 Å². The van der Waals surface area contributed by atoms with Crippen molar-refractivity contribution in [3.05, 3.63) is 5.92 Å². The molecule has 2 fully saturated rings. The second kappa shape index (κ2) is 4.43. The Morgan fingerprint density at radius 3 is 1.92 bits per heavy atom. The highest BCUT2D eigenvalue weighted by atomic mass is 16.5. The van der Waals surface area contributed by atoms with Crippen molar-refractivity contribution in [2.75, 3.05) is 13.2 Å². The van der Waals surface area contributed by atoms with Gasteiger partial charge in [-0.3, -0.25) is 0 Å². The lowest BCUT2D eigenvalue weighted by molar-refractivity contribution is 0.0545. The Morgan fingerprint density at radius 1 is 1.08 bits per heavy atom. The lowest BCUT2D eigenvalue weighted by atomic mass is 9.90. The number of hydrogen-bond acceptors (Lipinski definition) is 2. The van der Waals surface area contributed by atoms with Crippen molar-refractivity contribution in [1.29, 1.82) is 0 Å². The van der Waals surface area contributed by atoms with Crippen LogP contribution in [-0.4, -0.2) is 25.4 Å². The third-order valence-corrected chi connectivity index (χ3v) is 3.09. The predicted molar refractivity (Wildman–Crippen MR) is 51.5 cm³/mol. The van der Waals surface area contributed by atoms with Crippen LogP contribution in [-0.2, 0) is 9.47 Å². The van der Waals surface area contributed by atoms with Crippen molar-refractivity contribution < 1.29 is 9.47 Å². The third kappa shape index (κ3) is 2.05. The molecule has 0 N–H and O–H groups in total. The van der Waals surface area contributed by atoms with Crippen molar-refractivity contribution in [2.24, 2.45) is 0 Å². The summed E-state index contributed by atoms with van der Waals surface area (Å²) < 4.78 is 11.4. The molecule has 0 saturated carbocycles. The summed E-state index contributed by atoms with van der Waals surface area (Å²) in [4.78, 5) is 0. The first-order valence-corrected chi connectivity index (χ1v) is 5.50. The molecule has 2 unspecified atom stereocenters. The van der Waals surface area contributed by atoms with Crippen molar-refractivity contribution in [3.8, 4) is 0 Å². The Kier molecular flexibility index (Phi) is 3.23. The van der Waals surface area contributed by atoms with Gasteiger partial charge < -0.3 is 9.47 Å². The maximum absolute atomic E-state index is 5.70. The summed E-state index contributed by atoms with van der Waals surface area (Å²) >= 11 is 0. The second-order valence-corrected chi connectivity index (χ2v) is 3.93. The molecule has 0 aromatic heterocycles. The highest BCUT2D eigenvalue weighted by Gasteiger charge is 2.34. The first kappa shape index (κ1) is 9.47. The maximum Gasteiger partial charge on any atom is 0.0664 e. The van der Waals surface area contributed by atoms with Gasteiger partial charge >= 0.3 is 0 Å². The van der Waals surface area contributed by atoms with E-state index in [0.717, 1.165) is 19.6 Å². The van der Waals surface area contributed by atoms with E-state index in [4.69, 9.17) is 9.47 Å². The first-order chi connectivity index (χ1) is 6.42. The number of hydrogen-bond donors (Lipinski definition) is 0.